The van der Waals surface area contributed by atoms with Crippen LogP contribution in [0.25, 0.3) is 0 Å². The molecule has 0 aliphatic rings. The number of carbonyl (C=O) groups is 1. The van der Waals surface area contributed by atoms with Gasteiger partial charge >= 0.3 is 5.97 Å². The van der Waals surface area contributed by atoms with Gasteiger partial charge in [0.05, 0.1) is 6.04 Å². The third kappa shape index (κ3) is 3.11. The van der Waals surface area contributed by atoms with Crippen molar-refractivity contribution in [3.63, 3.8) is 0 Å². The van der Waals surface area contributed by atoms with Crippen molar-refractivity contribution < 1.29 is 18.3 Å². The quantitative estimate of drug-likeness (QED) is 0.706. The Morgan fingerprint density at radius 2 is 2.29 bits per heavy atom. The maximum Gasteiger partial charge on any atom is 0.352 e. The molecule has 2 aromatic rings. The number of aromatic amines is 1. The highest BCUT2D eigenvalue weighted by Gasteiger charge is 2.24. The number of sulfonamides is 1. The fourth-order valence-corrected chi connectivity index (χ4v) is 3.10. The largest absolute Gasteiger partial charge is 0.477 e. The highest BCUT2D eigenvalue weighted by Crippen LogP contribution is 2.17. The van der Waals surface area contributed by atoms with Crippen LogP contribution in [-0.2, 0) is 16.6 Å². The summed E-state index contributed by atoms with van der Waals surface area (Å²) >= 11 is 0. The van der Waals surface area contributed by atoms with Gasteiger partial charge in [0.1, 0.15) is 22.7 Å². The van der Waals surface area contributed by atoms with E-state index in [0.29, 0.717) is 12.4 Å². The first-order chi connectivity index (χ1) is 9.85. The first-order valence-electron chi connectivity index (χ1n) is 6.16. The molecular weight excluding hydrogens is 298 g/mol. The van der Waals surface area contributed by atoms with Crippen molar-refractivity contribution in [3.05, 3.63) is 30.1 Å². The Kier molecular flexibility index (Phi) is 4.09. The minimum absolute atomic E-state index is 0.0785. The summed E-state index contributed by atoms with van der Waals surface area (Å²) in [5, 5.41) is 15.3. The van der Waals surface area contributed by atoms with E-state index in [9.17, 15) is 13.2 Å². The Bertz CT molecular complexity index is 735. The van der Waals surface area contributed by atoms with Crippen LogP contribution >= 0.6 is 0 Å². The summed E-state index contributed by atoms with van der Waals surface area (Å²) in [5.74, 6) is -0.812. The molecule has 0 bridgehead atoms. The molecule has 1 unspecified atom stereocenters. The summed E-state index contributed by atoms with van der Waals surface area (Å²) in [4.78, 5) is 14.8. The van der Waals surface area contributed by atoms with Crippen molar-refractivity contribution in [2.75, 3.05) is 0 Å². The minimum atomic E-state index is -3.85. The lowest BCUT2D eigenvalue weighted by Crippen LogP contribution is -2.27. The van der Waals surface area contributed by atoms with Crippen LogP contribution in [0.2, 0.25) is 0 Å². The second kappa shape index (κ2) is 5.66. The van der Waals surface area contributed by atoms with E-state index in [-0.39, 0.29) is 10.6 Å². The standard InChI is InChI=1S/C11H15N5O4S/c1-3-16-5-8(4-9(16)11(17)18)21(19,20)15-7(2)10-12-6-13-14-10/h4-7,15H,3H2,1-2H3,(H,17,18)(H,12,13,14). The molecule has 2 rings (SSSR count). The molecule has 0 radical (unpaired) electrons. The molecule has 1 atom stereocenters. The second-order valence-electron chi connectivity index (χ2n) is 4.37. The number of carboxylic acids is 1. The number of hydrogen-bond acceptors (Lipinski definition) is 5. The average molecular weight is 313 g/mol. The number of H-pyrrole nitrogens is 1. The maximum absolute atomic E-state index is 12.3. The first kappa shape index (κ1) is 15.2. The molecule has 3 N–H and O–H groups in total. The molecule has 2 aromatic heterocycles. The molecule has 0 aliphatic heterocycles. The topological polar surface area (TPSA) is 130 Å². The Labute approximate surface area is 121 Å². The van der Waals surface area contributed by atoms with Gasteiger partial charge in [0.15, 0.2) is 0 Å². The van der Waals surface area contributed by atoms with E-state index >= 15 is 0 Å². The molecule has 114 valence electrons. The van der Waals surface area contributed by atoms with Gasteiger partial charge in [-0.25, -0.2) is 22.9 Å². The Balaban J connectivity index is 2.29. The number of hydrogen-bond donors (Lipinski definition) is 3. The summed E-state index contributed by atoms with van der Waals surface area (Å²) in [6, 6.07) is 0.511. The third-order valence-electron chi connectivity index (χ3n) is 2.92. The fraction of sp³-hybridized carbons (Fsp3) is 0.364. The summed E-state index contributed by atoms with van der Waals surface area (Å²) in [7, 11) is -3.85. The molecular formula is C11H15N5O4S. The fourth-order valence-electron chi connectivity index (χ4n) is 1.85. The van der Waals surface area contributed by atoms with Crippen LogP contribution in [0, 0.1) is 0 Å². The van der Waals surface area contributed by atoms with E-state index in [0.717, 1.165) is 6.07 Å². The number of aryl methyl sites for hydroxylation is 1. The predicted molar refractivity (Wildman–Crippen MR) is 72.2 cm³/mol. The van der Waals surface area contributed by atoms with Crippen LogP contribution in [0.4, 0.5) is 0 Å². The van der Waals surface area contributed by atoms with Crippen LogP contribution in [0.3, 0.4) is 0 Å². The highest BCUT2D eigenvalue weighted by molar-refractivity contribution is 7.89. The predicted octanol–water partition coefficient (Wildman–Crippen LogP) is 0.364. The monoisotopic (exact) mass is 313 g/mol. The van der Waals surface area contributed by atoms with Crippen LogP contribution in [0.15, 0.2) is 23.5 Å². The smallest absolute Gasteiger partial charge is 0.352 e. The van der Waals surface area contributed by atoms with Crippen LogP contribution in [0.5, 0.6) is 0 Å². The van der Waals surface area contributed by atoms with E-state index < -0.39 is 22.0 Å². The summed E-state index contributed by atoms with van der Waals surface area (Å²) in [5.41, 5.74) is -0.0785. The third-order valence-corrected chi connectivity index (χ3v) is 4.43. The van der Waals surface area contributed by atoms with Gasteiger partial charge in [0, 0.05) is 12.7 Å². The van der Waals surface area contributed by atoms with Crippen LogP contribution in [-0.4, -0.2) is 39.2 Å². The number of aromatic carboxylic acids is 1. The van der Waals surface area contributed by atoms with Crippen molar-refractivity contribution in [3.8, 4) is 0 Å². The molecule has 10 heteroatoms. The molecule has 0 amide bonds. The number of carboxylic acid groups (broad SMARTS) is 1. The summed E-state index contributed by atoms with van der Waals surface area (Å²) in [6.07, 6.45) is 2.56. The van der Waals surface area contributed by atoms with Crippen molar-refractivity contribution in [2.45, 2.75) is 31.3 Å². The van der Waals surface area contributed by atoms with Crippen LogP contribution in [0.1, 0.15) is 36.2 Å². The minimum Gasteiger partial charge on any atom is -0.477 e. The second-order valence-corrected chi connectivity index (χ2v) is 6.08. The van der Waals surface area contributed by atoms with Crippen molar-refractivity contribution in [2.24, 2.45) is 0 Å². The van der Waals surface area contributed by atoms with Gasteiger partial charge in [-0.15, -0.1) is 0 Å². The van der Waals surface area contributed by atoms with Gasteiger partial charge in [-0.05, 0) is 19.9 Å². The molecule has 0 fully saturated rings. The molecule has 0 aromatic carbocycles. The molecule has 0 aliphatic carbocycles. The number of rotatable bonds is 6. The van der Waals surface area contributed by atoms with Crippen molar-refractivity contribution in [1.82, 2.24) is 24.5 Å². The average Bonchev–Trinajstić information content (AvgIpc) is 3.07. The van der Waals surface area contributed by atoms with Crippen LogP contribution < -0.4 is 4.72 Å². The summed E-state index contributed by atoms with van der Waals surface area (Å²) in [6.45, 7) is 3.69. The zero-order valence-electron chi connectivity index (χ0n) is 11.4. The molecule has 0 spiro atoms. The molecule has 2 heterocycles. The lowest BCUT2D eigenvalue weighted by Gasteiger charge is -2.10. The lowest BCUT2D eigenvalue weighted by atomic mass is 10.3. The zero-order chi connectivity index (χ0) is 15.6. The van der Waals surface area contributed by atoms with Gasteiger partial charge in [-0.3, -0.25) is 5.10 Å². The van der Waals surface area contributed by atoms with Gasteiger partial charge in [0.2, 0.25) is 10.0 Å². The maximum atomic E-state index is 12.3. The molecule has 9 nitrogen and oxygen atoms in total. The van der Waals surface area contributed by atoms with E-state index in [1.54, 1.807) is 13.8 Å². The molecule has 0 saturated heterocycles. The van der Waals surface area contributed by atoms with Gasteiger partial charge in [-0.1, -0.05) is 0 Å². The van der Waals surface area contributed by atoms with E-state index in [4.69, 9.17) is 5.11 Å². The Morgan fingerprint density at radius 3 is 2.76 bits per heavy atom. The van der Waals surface area contributed by atoms with E-state index in [2.05, 4.69) is 19.9 Å². The molecule has 0 saturated carbocycles. The SMILES string of the molecule is CCn1cc(S(=O)(=O)NC(C)c2ncn[nH]2)cc1C(=O)O. The van der Waals surface area contributed by atoms with E-state index in [1.165, 1.54) is 17.1 Å². The number of nitrogens with one attached hydrogen (secondary N) is 2. The van der Waals surface area contributed by atoms with Crippen molar-refractivity contribution in [1.29, 1.82) is 0 Å². The first-order valence-corrected chi connectivity index (χ1v) is 7.64. The van der Waals surface area contributed by atoms with Crippen molar-refractivity contribution >= 4 is 16.0 Å². The molecule has 21 heavy (non-hydrogen) atoms. The Morgan fingerprint density at radius 1 is 1.57 bits per heavy atom. The number of nitrogens with zero attached hydrogens (tertiary/aromatic N) is 3. The Hall–Kier alpha value is -2.20. The summed E-state index contributed by atoms with van der Waals surface area (Å²) < 4.78 is 28.3. The number of aromatic nitrogens is 4. The zero-order valence-corrected chi connectivity index (χ0v) is 12.3. The normalized spacial score (nSPS) is 13.2. The highest BCUT2D eigenvalue weighted by atomic mass is 32.2. The van der Waals surface area contributed by atoms with Gasteiger partial charge in [-0.2, -0.15) is 5.10 Å². The van der Waals surface area contributed by atoms with E-state index in [1.807, 2.05) is 0 Å². The van der Waals surface area contributed by atoms with Gasteiger partial charge < -0.3 is 9.67 Å². The lowest BCUT2D eigenvalue weighted by molar-refractivity contribution is 0.0685. The van der Waals surface area contributed by atoms with Gasteiger partial charge in [0.25, 0.3) is 0 Å².